The van der Waals surface area contributed by atoms with E-state index in [1.165, 1.54) is 11.1 Å². The highest BCUT2D eigenvalue weighted by Gasteiger charge is 2.34. The number of benzene rings is 1. The zero-order chi connectivity index (χ0) is 17.7. The van der Waals surface area contributed by atoms with Gasteiger partial charge in [-0.25, -0.2) is 4.79 Å². The van der Waals surface area contributed by atoms with Crippen LogP contribution in [0.15, 0.2) is 24.3 Å². The quantitative estimate of drug-likeness (QED) is 0.824. The third-order valence-electron chi connectivity index (χ3n) is 3.94. The van der Waals surface area contributed by atoms with E-state index >= 15 is 0 Å². The van der Waals surface area contributed by atoms with Gasteiger partial charge in [0.25, 0.3) is 0 Å². The van der Waals surface area contributed by atoms with Gasteiger partial charge in [0.1, 0.15) is 5.60 Å². The van der Waals surface area contributed by atoms with Gasteiger partial charge in [-0.3, -0.25) is 4.90 Å². The summed E-state index contributed by atoms with van der Waals surface area (Å²) < 4.78 is 11.6. The van der Waals surface area contributed by atoms with Crippen molar-refractivity contribution in [3.63, 3.8) is 0 Å². The molecule has 1 aromatic rings. The second-order valence-electron chi connectivity index (χ2n) is 7.39. The van der Waals surface area contributed by atoms with Crippen LogP contribution in [0.5, 0.6) is 0 Å². The third kappa shape index (κ3) is 5.71. The molecule has 134 valence electrons. The van der Waals surface area contributed by atoms with Crippen molar-refractivity contribution in [3.8, 4) is 0 Å². The van der Waals surface area contributed by atoms with Crippen molar-refractivity contribution in [1.29, 1.82) is 0 Å². The van der Waals surface area contributed by atoms with Crippen LogP contribution in [0.2, 0.25) is 0 Å². The molecule has 0 N–H and O–H groups in total. The van der Waals surface area contributed by atoms with Crippen LogP contribution in [0, 0.1) is 6.92 Å². The minimum Gasteiger partial charge on any atom is -0.444 e. The van der Waals surface area contributed by atoms with Crippen LogP contribution in [-0.4, -0.2) is 53.9 Å². The Morgan fingerprint density at radius 1 is 1.33 bits per heavy atom. The highest BCUT2D eigenvalue weighted by molar-refractivity contribution is 7.98. The number of carbonyl (C=O) groups excluding carboxylic acids is 1. The fourth-order valence-corrected chi connectivity index (χ4v) is 3.33. The average Bonchev–Trinajstić information content (AvgIpc) is 2.49. The summed E-state index contributed by atoms with van der Waals surface area (Å²) in [5.41, 5.74) is 1.97. The first-order valence-corrected chi connectivity index (χ1v) is 9.83. The van der Waals surface area contributed by atoms with E-state index in [1.54, 1.807) is 11.8 Å². The summed E-state index contributed by atoms with van der Waals surface area (Å²) in [6.07, 6.45) is 2.67. The van der Waals surface area contributed by atoms with Crippen molar-refractivity contribution in [3.05, 3.63) is 35.4 Å². The first-order chi connectivity index (χ1) is 11.3. The summed E-state index contributed by atoms with van der Waals surface area (Å²) in [7, 11) is 0. The molecule has 1 amide bonds. The summed E-state index contributed by atoms with van der Waals surface area (Å²) in [5, 5.41) is 0. The third-order valence-corrected chi connectivity index (χ3v) is 4.64. The van der Waals surface area contributed by atoms with Crippen molar-refractivity contribution in [2.45, 2.75) is 51.9 Å². The lowest BCUT2D eigenvalue weighted by Crippen LogP contribution is -2.54. The van der Waals surface area contributed by atoms with Gasteiger partial charge in [-0.05, 0) is 45.9 Å². The molecule has 5 heteroatoms. The van der Waals surface area contributed by atoms with Crippen LogP contribution in [0.1, 0.15) is 31.9 Å². The fourth-order valence-electron chi connectivity index (χ4n) is 2.75. The van der Waals surface area contributed by atoms with Crippen LogP contribution in [0.4, 0.5) is 4.79 Å². The Hall–Kier alpha value is -1.20. The predicted octanol–water partition coefficient (Wildman–Crippen LogP) is 3.91. The van der Waals surface area contributed by atoms with Crippen molar-refractivity contribution >= 4 is 17.9 Å². The van der Waals surface area contributed by atoms with Gasteiger partial charge in [-0.1, -0.05) is 29.8 Å². The Morgan fingerprint density at radius 3 is 2.58 bits per heavy atom. The monoisotopic (exact) mass is 351 g/mol. The number of ether oxygens (including phenoxy) is 2. The van der Waals surface area contributed by atoms with Gasteiger partial charge >= 0.3 is 6.09 Å². The van der Waals surface area contributed by atoms with Crippen molar-refractivity contribution < 1.29 is 14.3 Å². The molecule has 4 nitrogen and oxygen atoms in total. The first kappa shape index (κ1) is 19.1. The van der Waals surface area contributed by atoms with E-state index in [0.29, 0.717) is 13.2 Å². The van der Waals surface area contributed by atoms with Gasteiger partial charge < -0.3 is 9.47 Å². The number of aryl methyl sites for hydroxylation is 1. The Morgan fingerprint density at radius 2 is 2.00 bits per heavy atom. The summed E-state index contributed by atoms with van der Waals surface area (Å²) in [6, 6.07) is 8.47. The van der Waals surface area contributed by atoms with Gasteiger partial charge in [-0.2, -0.15) is 11.8 Å². The zero-order valence-electron chi connectivity index (χ0n) is 15.4. The summed E-state index contributed by atoms with van der Waals surface area (Å²) in [6.45, 7) is 8.93. The molecule has 0 unspecified atom stereocenters. The van der Waals surface area contributed by atoms with Gasteiger partial charge in [0, 0.05) is 5.75 Å². The number of hydrogen-bond donors (Lipinski definition) is 0. The van der Waals surface area contributed by atoms with Crippen LogP contribution in [0.3, 0.4) is 0 Å². The largest absolute Gasteiger partial charge is 0.444 e. The molecular formula is C19H29NO3S. The van der Waals surface area contributed by atoms with E-state index in [4.69, 9.17) is 9.47 Å². The summed E-state index contributed by atoms with van der Waals surface area (Å²) in [5.74, 6) is 0.885. The van der Waals surface area contributed by atoms with Crippen LogP contribution >= 0.6 is 11.8 Å². The van der Waals surface area contributed by atoms with Gasteiger partial charge in [0.2, 0.25) is 0 Å². The van der Waals surface area contributed by atoms with Gasteiger partial charge in [-0.15, -0.1) is 0 Å². The van der Waals surface area contributed by atoms with E-state index < -0.39 is 5.60 Å². The van der Waals surface area contributed by atoms with E-state index in [-0.39, 0.29) is 18.2 Å². The Labute approximate surface area is 149 Å². The number of rotatable bonds is 4. The molecule has 0 saturated carbocycles. The second-order valence-corrected chi connectivity index (χ2v) is 8.30. The molecule has 0 bridgehead atoms. The minimum absolute atomic E-state index is 0.0145. The Kier molecular flexibility index (Phi) is 6.58. The van der Waals surface area contributed by atoms with Crippen molar-refractivity contribution in [1.82, 2.24) is 4.90 Å². The average molecular weight is 352 g/mol. The number of morpholine rings is 1. The molecule has 0 aliphatic carbocycles. The highest BCUT2D eigenvalue weighted by atomic mass is 32.2. The molecule has 1 aliphatic rings. The maximum atomic E-state index is 12.7. The van der Waals surface area contributed by atoms with Gasteiger partial charge in [0.15, 0.2) is 0 Å². The predicted molar refractivity (Wildman–Crippen MR) is 99.7 cm³/mol. The molecule has 24 heavy (non-hydrogen) atoms. The smallest absolute Gasteiger partial charge is 0.410 e. The van der Waals surface area contributed by atoms with E-state index in [9.17, 15) is 4.79 Å². The standard InChI is InChI=1S/C19H29NO3S/c1-14-6-8-15(9-7-14)10-16-12-22-17(13-24-5)11-20(16)18(21)23-19(2,3)4/h6-9,16-17H,10-13H2,1-5H3/t16-,17+/m0/s1. The lowest BCUT2D eigenvalue weighted by atomic mass is 10.0. The van der Waals surface area contributed by atoms with Crippen LogP contribution < -0.4 is 0 Å². The van der Waals surface area contributed by atoms with Gasteiger partial charge in [0.05, 0.1) is 25.3 Å². The van der Waals surface area contributed by atoms with Crippen molar-refractivity contribution in [2.75, 3.05) is 25.2 Å². The van der Waals surface area contributed by atoms with E-state index in [2.05, 4.69) is 37.4 Å². The molecule has 0 aromatic heterocycles. The lowest BCUT2D eigenvalue weighted by molar-refractivity contribution is -0.0613. The molecule has 0 radical (unpaired) electrons. The molecule has 1 aromatic carbocycles. The topological polar surface area (TPSA) is 38.8 Å². The molecule has 2 rings (SSSR count). The Bertz CT molecular complexity index is 539. The van der Waals surface area contributed by atoms with E-state index in [1.807, 2.05) is 25.7 Å². The fraction of sp³-hybridized carbons (Fsp3) is 0.632. The number of amides is 1. The zero-order valence-corrected chi connectivity index (χ0v) is 16.2. The molecule has 1 fully saturated rings. The summed E-state index contributed by atoms with van der Waals surface area (Å²) >= 11 is 1.74. The van der Waals surface area contributed by atoms with Crippen LogP contribution in [0.25, 0.3) is 0 Å². The molecule has 1 saturated heterocycles. The second kappa shape index (κ2) is 8.26. The molecule has 1 aliphatic heterocycles. The van der Waals surface area contributed by atoms with Crippen LogP contribution in [-0.2, 0) is 15.9 Å². The number of nitrogens with zero attached hydrogens (tertiary/aromatic N) is 1. The maximum absolute atomic E-state index is 12.7. The molecule has 2 atom stereocenters. The molecule has 0 spiro atoms. The number of thioether (sulfide) groups is 1. The van der Waals surface area contributed by atoms with E-state index in [0.717, 1.165) is 12.2 Å². The first-order valence-electron chi connectivity index (χ1n) is 8.44. The lowest BCUT2D eigenvalue weighted by Gasteiger charge is -2.40. The Balaban J connectivity index is 2.10. The molecule has 1 heterocycles. The van der Waals surface area contributed by atoms with Crippen molar-refractivity contribution in [2.24, 2.45) is 0 Å². The molecular weight excluding hydrogens is 322 g/mol. The number of hydrogen-bond acceptors (Lipinski definition) is 4. The normalized spacial score (nSPS) is 21.6. The maximum Gasteiger partial charge on any atom is 0.410 e. The number of carbonyl (C=O) groups is 1. The SMILES string of the molecule is CSC[C@H]1CN(C(=O)OC(C)(C)C)[C@@H](Cc2ccc(C)cc2)CO1. The minimum atomic E-state index is -0.487. The summed E-state index contributed by atoms with van der Waals surface area (Å²) in [4.78, 5) is 14.5. The highest BCUT2D eigenvalue weighted by Crippen LogP contribution is 2.21.